The Morgan fingerprint density at radius 1 is 1.11 bits per heavy atom. The molecule has 1 unspecified atom stereocenters. The normalized spacial score (nSPS) is 13.3. The first-order valence-electron chi connectivity index (χ1n) is 7.10. The summed E-state index contributed by atoms with van der Waals surface area (Å²) in [5.74, 6) is 0. The van der Waals surface area contributed by atoms with Crippen LogP contribution in [0.25, 0.3) is 0 Å². The number of benzene rings is 1. The first-order valence-corrected chi connectivity index (χ1v) is 7.10. The van der Waals surface area contributed by atoms with Crippen molar-refractivity contribution in [3.63, 3.8) is 0 Å². The Morgan fingerprint density at radius 3 is 2.17 bits per heavy atom. The van der Waals surface area contributed by atoms with Crippen LogP contribution in [0.2, 0.25) is 0 Å². The van der Waals surface area contributed by atoms with Gasteiger partial charge in [-0.15, -0.1) is 0 Å². The van der Waals surface area contributed by atoms with Crippen LogP contribution < -0.4 is 5.73 Å². The molecule has 1 aromatic rings. The summed E-state index contributed by atoms with van der Waals surface area (Å²) in [5.41, 5.74) is 8.79. The zero-order valence-corrected chi connectivity index (χ0v) is 12.3. The largest absolute Gasteiger partial charge is 0.324 e. The number of hydrogen-bond donors (Lipinski definition) is 1. The van der Waals surface area contributed by atoms with Crippen molar-refractivity contribution in [1.29, 1.82) is 0 Å². The topological polar surface area (TPSA) is 29.3 Å². The van der Waals surface area contributed by atoms with Gasteiger partial charge < -0.3 is 10.6 Å². The lowest BCUT2D eigenvalue weighted by Crippen LogP contribution is -2.33. The fourth-order valence-electron chi connectivity index (χ4n) is 2.42. The molecule has 0 radical (unpaired) electrons. The molecule has 0 aromatic heterocycles. The lowest BCUT2D eigenvalue weighted by molar-refractivity contribution is 0.222. The molecule has 1 atom stereocenters. The first kappa shape index (κ1) is 15.2. The molecular weight excluding hydrogens is 220 g/mol. The van der Waals surface area contributed by atoms with E-state index in [9.17, 15) is 0 Å². The Bertz CT molecular complexity index is 327. The van der Waals surface area contributed by atoms with Crippen LogP contribution in [0, 0.1) is 6.92 Å². The second-order valence-electron chi connectivity index (χ2n) is 5.26. The zero-order chi connectivity index (χ0) is 13.5. The van der Waals surface area contributed by atoms with Gasteiger partial charge in [0, 0.05) is 12.1 Å². The second-order valence-corrected chi connectivity index (χ2v) is 5.26. The van der Waals surface area contributed by atoms with Gasteiger partial charge in [-0.05, 0) is 45.3 Å². The van der Waals surface area contributed by atoms with Gasteiger partial charge >= 0.3 is 0 Å². The Balaban J connectivity index is 2.45. The molecule has 1 rings (SSSR count). The molecule has 0 aliphatic rings. The molecule has 18 heavy (non-hydrogen) atoms. The van der Waals surface area contributed by atoms with Crippen LogP contribution in [-0.2, 0) is 0 Å². The van der Waals surface area contributed by atoms with Gasteiger partial charge in [0.05, 0.1) is 0 Å². The average molecular weight is 248 g/mol. The van der Waals surface area contributed by atoms with Gasteiger partial charge in [-0.3, -0.25) is 0 Å². The highest BCUT2D eigenvalue weighted by Gasteiger charge is 2.12. The Labute approximate surface area is 112 Å². The van der Waals surface area contributed by atoms with E-state index < -0.39 is 0 Å². The van der Waals surface area contributed by atoms with Crippen molar-refractivity contribution in [1.82, 2.24) is 4.90 Å². The van der Waals surface area contributed by atoms with Crippen molar-refractivity contribution in [3.8, 4) is 0 Å². The molecule has 0 saturated heterocycles. The zero-order valence-electron chi connectivity index (χ0n) is 12.3. The third kappa shape index (κ3) is 4.43. The van der Waals surface area contributed by atoms with E-state index in [1.54, 1.807) is 0 Å². The molecule has 0 aliphatic carbocycles. The Hall–Kier alpha value is -0.860. The minimum atomic E-state index is 0.155. The van der Waals surface area contributed by atoms with Crippen molar-refractivity contribution in [2.45, 2.75) is 52.1 Å². The van der Waals surface area contributed by atoms with Gasteiger partial charge in [0.1, 0.15) is 0 Å². The fraction of sp³-hybridized carbons (Fsp3) is 0.625. The van der Waals surface area contributed by atoms with Crippen LogP contribution in [0.15, 0.2) is 24.3 Å². The van der Waals surface area contributed by atoms with E-state index in [1.165, 1.54) is 24.0 Å². The number of hydrogen-bond acceptors (Lipinski definition) is 2. The Morgan fingerprint density at radius 2 is 1.67 bits per heavy atom. The molecule has 102 valence electrons. The molecule has 0 fully saturated rings. The summed E-state index contributed by atoms with van der Waals surface area (Å²) in [5, 5.41) is 0. The number of aryl methyl sites for hydroxylation is 1. The van der Waals surface area contributed by atoms with Crippen molar-refractivity contribution >= 4 is 0 Å². The smallest absolute Gasteiger partial charge is 0.0307 e. The minimum absolute atomic E-state index is 0.155. The van der Waals surface area contributed by atoms with E-state index in [1.807, 2.05) is 0 Å². The maximum absolute atomic E-state index is 6.25. The van der Waals surface area contributed by atoms with Crippen molar-refractivity contribution in [3.05, 3.63) is 35.4 Å². The van der Waals surface area contributed by atoms with E-state index in [0.717, 1.165) is 13.0 Å². The van der Waals surface area contributed by atoms with Gasteiger partial charge in [0.2, 0.25) is 0 Å². The summed E-state index contributed by atoms with van der Waals surface area (Å²) in [7, 11) is 2.21. The highest BCUT2D eigenvalue weighted by molar-refractivity contribution is 5.23. The molecule has 2 heteroatoms. The monoisotopic (exact) mass is 248 g/mol. The van der Waals surface area contributed by atoms with Crippen LogP contribution in [-0.4, -0.2) is 24.5 Å². The van der Waals surface area contributed by atoms with Gasteiger partial charge in [-0.1, -0.05) is 43.7 Å². The van der Waals surface area contributed by atoms with Crippen LogP contribution in [0.4, 0.5) is 0 Å². The maximum atomic E-state index is 6.25. The minimum Gasteiger partial charge on any atom is -0.324 e. The lowest BCUT2D eigenvalue weighted by atomic mass is 10.0. The summed E-state index contributed by atoms with van der Waals surface area (Å²) in [6.45, 7) is 7.69. The predicted molar refractivity (Wildman–Crippen MR) is 79.7 cm³/mol. The number of nitrogens with zero attached hydrogens (tertiary/aromatic N) is 1. The van der Waals surface area contributed by atoms with E-state index in [-0.39, 0.29) is 6.04 Å². The highest BCUT2D eigenvalue weighted by atomic mass is 15.1. The number of rotatable bonds is 7. The molecule has 0 aliphatic heterocycles. The maximum Gasteiger partial charge on any atom is 0.0307 e. The molecule has 0 bridgehead atoms. The molecule has 2 N–H and O–H groups in total. The van der Waals surface area contributed by atoms with Gasteiger partial charge in [0.15, 0.2) is 0 Å². The summed E-state index contributed by atoms with van der Waals surface area (Å²) in [6, 6.07) is 9.42. The van der Waals surface area contributed by atoms with Crippen LogP contribution >= 0.6 is 0 Å². The van der Waals surface area contributed by atoms with Crippen molar-refractivity contribution in [2.75, 3.05) is 13.6 Å². The number of nitrogens with two attached hydrogens (primary N) is 1. The summed E-state index contributed by atoms with van der Waals surface area (Å²) in [6.07, 6.45) is 3.45. The van der Waals surface area contributed by atoms with Gasteiger partial charge in [-0.2, -0.15) is 0 Å². The SMILES string of the molecule is CCC(CC)N(C)CCC(N)c1ccc(C)cc1. The van der Waals surface area contributed by atoms with Crippen LogP contribution in [0.1, 0.15) is 50.3 Å². The highest BCUT2D eigenvalue weighted by Crippen LogP contribution is 2.16. The third-order valence-electron chi connectivity index (χ3n) is 3.86. The standard InChI is InChI=1S/C16H28N2/c1-5-15(6-2)18(4)12-11-16(17)14-9-7-13(3)8-10-14/h7-10,15-16H,5-6,11-12,17H2,1-4H3. The molecule has 0 spiro atoms. The quantitative estimate of drug-likeness (QED) is 0.800. The second kappa shape index (κ2) is 7.55. The van der Waals surface area contributed by atoms with Gasteiger partial charge in [0.25, 0.3) is 0 Å². The molecule has 1 aromatic carbocycles. The molecule has 0 saturated carbocycles. The van der Waals surface area contributed by atoms with E-state index in [2.05, 4.69) is 57.0 Å². The van der Waals surface area contributed by atoms with Crippen molar-refractivity contribution in [2.24, 2.45) is 5.73 Å². The third-order valence-corrected chi connectivity index (χ3v) is 3.86. The van der Waals surface area contributed by atoms with Gasteiger partial charge in [-0.25, -0.2) is 0 Å². The van der Waals surface area contributed by atoms with E-state index in [0.29, 0.717) is 6.04 Å². The van der Waals surface area contributed by atoms with Crippen molar-refractivity contribution < 1.29 is 0 Å². The summed E-state index contributed by atoms with van der Waals surface area (Å²) in [4.78, 5) is 2.44. The Kier molecular flexibility index (Phi) is 6.37. The first-order chi connectivity index (χ1) is 8.58. The summed E-state index contributed by atoms with van der Waals surface area (Å²) >= 11 is 0. The summed E-state index contributed by atoms with van der Waals surface area (Å²) < 4.78 is 0. The fourth-order valence-corrected chi connectivity index (χ4v) is 2.42. The van der Waals surface area contributed by atoms with E-state index in [4.69, 9.17) is 5.73 Å². The van der Waals surface area contributed by atoms with E-state index >= 15 is 0 Å². The molecule has 2 nitrogen and oxygen atoms in total. The van der Waals surface area contributed by atoms with Crippen LogP contribution in [0.3, 0.4) is 0 Å². The molecular formula is C16H28N2. The molecule has 0 amide bonds. The predicted octanol–water partition coefficient (Wildman–Crippen LogP) is 3.51. The lowest BCUT2D eigenvalue weighted by Gasteiger charge is -2.27. The average Bonchev–Trinajstić information content (AvgIpc) is 2.38. The van der Waals surface area contributed by atoms with Crippen LogP contribution in [0.5, 0.6) is 0 Å². The molecule has 0 heterocycles.